The van der Waals surface area contributed by atoms with Crippen LogP contribution in [0.1, 0.15) is 12.8 Å². The van der Waals surface area contributed by atoms with E-state index in [0.29, 0.717) is 0 Å². The number of carboxylic acid groups (broad SMARTS) is 2. The first-order chi connectivity index (χ1) is 10.2. The van der Waals surface area contributed by atoms with E-state index in [4.69, 9.17) is 19.3 Å². The van der Waals surface area contributed by atoms with Crippen molar-refractivity contribution in [2.45, 2.75) is 23.3 Å². The molecule has 132 valence electrons. The van der Waals surface area contributed by atoms with Crippen LogP contribution in [-0.4, -0.2) is 70.5 Å². The van der Waals surface area contributed by atoms with Gasteiger partial charge in [0.1, 0.15) is 0 Å². The fourth-order valence-corrected chi connectivity index (χ4v) is 2.46. The van der Waals surface area contributed by atoms with Gasteiger partial charge in [-0.15, -0.1) is 0 Å². The Labute approximate surface area is 128 Å². The highest BCUT2D eigenvalue weighted by Crippen LogP contribution is 2.12. The molecular formula is C8H10O13S2. The number of hydrogen-bond donors (Lipinski definition) is 4. The van der Waals surface area contributed by atoms with Crippen molar-refractivity contribution in [2.24, 2.45) is 0 Å². The van der Waals surface area contributed by atoms with E-state index in [9.17, 15) is 36.0 Å². The van der Waals surface area contributed by atoms with E-state index in [2.05, 4.69) is 4.74 Å². The average molecular weight is 378 g/mol. The van der Waals surface area contributed by atoms with Gasteiger partial charge in [-0.05, 0) is 0 Å². The summed E-state index contributed by atoms with van der Waals surface area (Å²) >= 11 is 0. The maximum Gasteiger partial charge on any atom is 0.335 e. The molecule has 0 bridgehead atoms. The van der Waals surface area contributed by atoms with Crippen LogP contribution in [0.4, 0.5) is 0 Å². The zero-order valence-corrected chi connectivity index (χ0v) is 12.5. The molecule has 2 unspecified atom stereocenters. The molecule has 15 heteroatoms. The Balaban J connectivity index is 5.42. The highest BCUT2D eigenvalue weighted by atomic mass is 32.2. The molecule has 0 aromatic carbocycles. The van der Waals surface area contributed by atoms with Gasteiger partial charge in [0.05, 0.1) is 12.8 Å². The maximum atomic E-state index is 11.4. The molecule has 0 aromatic heterocycles. The summed E-state index contributed by atoms with van der Waals surface area (Å²) in [6.07, 6.45) is -3.03. The molecule has 0 aliphatic heterocycles. The molecule has 13 nitrogen and oxygen atoms in total. The summed E-state index contributed by atoms with van der Waals surface area (Å²) in [5, 5.41) is 11.3. The number of esters is 2. The molecule has 0 aliphatic rings. The standard InChI is InChI=1S/C8H10O13S2/c9-5(10)1-3(22(15,16)17)7(13)21-8(14)4(2-6(11)12)23(18,19)20/h3-4H,1-2H2,(H,9,10)(H,11,12)(H,15,16,17)(H,18,19,20). The topological polar surface area (TPSA) is 227 Å². The van der Waals surface area contributed by atoms with E-state index in [0.717, 1.165) is 0 Å². The third kappa shape index (κ3) is 7.13. The minimum absolute atomic E-state index is 1.51. The van der Waals surface area contributed by atoms with E-state index < -0.39 is 67.5 Å². The Hall–Kier alpha value is -2.10. The summed E-state index contributed by atoms with van der Waals surface area (Å²) in [7, 11) is -10.6. The Morgan fingerprint density at radius 3 is 1.17 bits per heavy atom. The first-order valence-corrected chi connectivity index (χ1v) is 8.28. The van der Waals surface area contributed by atoms with Crippen molar-refractivity contribution in [2.75, 3.05) is 0 Å². The second-order valence-electron chi connectivity index (χ2n) is 3.94. The first-order valence-electron chi connectivity index (χ1n) is 5.28. The number of hydrogen-bond acceptors (Lipinski definition) is 9. The van der Waals surface area contributed by atoms with Gasteiger partial charge in [-0.1, -0.05) is 0 Å². The monoisotopic (exact) mass is 378 g/mol. The maximum absolute atomic E-state index is 11.4. The zero-order valence-electron chi connectivity index (χ0n) is 10.8. The molecule has 0 spiro atoms. The van der Waals surface area contributed by atoms with Crippen molar-refractivity contribution in [1.29, 1.82) is 0 Å². The lowest BCUT2D eigenvalue weighted by Gasteiger charge is -2.13. The van der Waals surface area contributed by atoms with Gasteiger partial charge in [0.25, 0.3) is 20.2 Å². The predicted octanol–water partition coefficient (Wildman–Crippen LogP) is -2.48. The van der Waals surface area contributed by atoms with Gasteiger partial charge < -0.3 is 14.9 Å². The molecule has 2 atom stereocenters. The van der Waals surface area contributed by atoms with Crippen LogP contribution >= 0.6 is 0 Å². The van der Waals surface area contributed by atoms with Crippen LogP contribution in [0.2, 0.25) is 0 Å². The van der Waals surface area contributed by atoms with Crippen LogP contribution < -0.4 is 0 Å². The van der Waals surface area contributed by atoms with Crippen LogP contribution in [0, 0.1) is 0 Å². The van der Waals surface area contributed by atoms with E-state index >= 15 is 0 Å². The Bertz CT molecular complexity index is 653. The van der Waals surface area contributed by atoms with E-state index in [-0.39, 0.29) is 0 Å². The van der Waals surface area contributed by atoms with Gasteiger partial charge in [-0.3, -0.25) is 28.3 Å². The molecule has 23 heavy (non-hydrogen) atoms. The number of aliphatic carboxylic acids is 2. The van der Waals surface area contributed by atoms with Crippen LogP contribution in [0.15, 0.2) is 0 Å². The van der Waals surface area contributed by atoms with Crippen LogP contribution in [0.3, 0.4) is 0 Å². The predicted molar refractivity (Wildman–Crippen MR) is 66.3 cm³/mol. The summed E-state index contributed by atoms with van der Waals surface area (Å²) in [6, 6.07) is 0. The van der Waals surface area contributed by atoms with Gasteiger partial charge in [0.2, 0.25) is 0 Å². The fraction of sp³-hybridized carbons (Fsp3) is 0.500. The molecule has 0 heterocycles. The molecule has 0 radical (unpaired) electrons. The van der Waals surface area contributed by atoms with Crippen molar-refractivity contribution in [3.63, 3.8) is 0 Å². The smallest absolute Gasteiger partial charge is 0.335 e. The third-order valence-corrected chi connectivity index (χ3v) is 4.32. The fourth-order valence-electron chi connectivity index (χ4n) is 1.17. The third-order valence-electron chi connectivity index (χ3n) is 2.17. The minimum atomic E-state index is -5.32. The number of rotatable bonds is 8. The minimum Gasteiger partial charge on any atom is -0.481 e. The summed E-state index contributed by atoms with van der Waals surface area (Å²) in [6.45, 7) is 0. The van der Waals surface area contributed by atoms with Gasteiger partial charge >= 0.3 is 23.9 Å². The van der Waals surface area contributed by atoms with Crippen molar-refractivity contribution >= 4 is 44.1 Å². The Morgan fingerprint density at radius 2 is 1.00 bits per heavy atom. The van der Waals surface area contributed by atoms with Crippen LogP contribution in [0.25, 0.3) is 0 Å². The SMILES string of the molecule is O=C(O)CC(C(=O)OC(=O)C(CC(=O)O)S(=O)(=O)O)S(=O)(=O)O. The average Bonchev–Trinajstić information content (AvgIpc) is 2.29. The van der Waals surface area contributed by atoms with Crippen LogP contribution in [-0.2, 0) is 44.2 Å². The molecule has 0 aromatic rings. The second-order valence-corrected chi connectivity index (χ2v) is 7.14. The van der Waals surface area contributed by atoms with Gasteiger partial charge in [0.15, 0.2) is 10.5 Å². The van der Waals surface area contributed by atoms with Gasteiger partial charge in [0, 0.05) is 0 Å². The second kappa shape index (κ2) is 7.44. The molecule has 0 fully saturated rings. The summed E-state index contributed by atoms with van der Waals surface area (Å²) in [5.74, 6) is -8.07. The Morgan fingerprint density at radius 1 is 0.739 bits per heavy atom. The summed E-state index contributed by atoms with van der Waals surface area (Å²) < 4.78 is 64.5. The summed E-state index contributed by atoms with van der Waals surface area (Å²) in [5.41, 5.74) is 0. The van der Waals surface area contributed by atoms with E-state index in [1.165, 1.54) is 0 Å². The molecule has 0 rings (SSSR count). The van der Waals surface area contributed by atoms with E-state index in [1.54, 1.807) is 0 Å². The van der Waals surface area contributed by atoms with Crippen molar-refractivity contribution in [3.05, 3.63) is 0 Å². The first kappa shape index (κ1) is 20.9. The van der Waals surface area contributed by atoms with Crippen molar-refractivity contribution < 1.29 is 60.1 Å². The largest absolute Gasteiger partial charge is 0.481 e. The van der Waals surface area contributed by atoms with Crippen molar-refractivity contribution in [3.8, 4) is 0 Å². The zero-order chi connectivity index (χ0) is 18.6. The number of ether oxygens (including phenoxy) is 1. The molecule has 4 N–H and O–H groups in total. The van der Waals surface area contributed by atoms with Crippen molar-refractivity contribution in [1.82, 2.24) is 0 Å². The number of carbonyl (C=O) groups is 4. The normalized spacial score (nSPS) is 14.5. The van der Waals surface area contributed by atoms with Gasteiger partial charge in [-0.25, -0.2) is 0 Å². The highest BCUT2D eigenvalue weighted by molar-refractivity contribution is 7.87. The number of carboxylic acids is 2. The van der Waals surface area contributed by atoms with Gasteiger partial charge in [-0.2, -0.15) is 16.8 Å². The van der Waals surface area contributed by atoms with Crippen LogP contribution in [0.5, 0.6) is 0 Å². The highest BCUT2D eigenvalue weighted by Gasteiger charge is 2.41. The quantitative estimate of drug-likeness (QED) is 0.195. The van der Waals surface area contributed by atoms with E-state index in [1.807, 2.05) is 0 Å². The molecule has 0 aliphatic carbocycles. The summed E-state index contributed by atoms with van der Waals surface area (Å²) in [4.78, 5) is 43.6. The molecule has 0 saturated carbocycles. The Kier molecular flexibility index (Phi) is 6.77. The number of carbonyl (C=O) groups excluding carboxylic acids is 2. The lowest BCUT2D eigenvalue weighted by molar-refractivity contribution is -0.161. The molecule has 0 saturated heterocycles. The lowest BCUT2D eigenvalue weighted by Crippen LogP contribution is -2.40. The molecule has 0 amide bonds. The lowest BCUT2D eigenvalue weighted by atomic mass is 10.3. The molecular weight excluding hydrogens is 368 g/mol.